The number of hydrogen-bond donors (Lipinski definition) is 2. The number of aliphatic carboxylic acids is 1. The third-order valence-electron chi connectivity index (χ3n) is 3.76. The Morgan fingerprint density at radius 2 is 1.58 bits per heavy atom. The van der Waals surface area contributed by atoms with Crippen LogP contribution < -0.4 is 5.73 Å². The Morgan fingerprint density at radius 1 is 0.958 bits per heavy atom. The molecule has 8 heteroatoms. The van der Waals surface area contributed by atoms with Crippen LogP contribution in [-0.4, -0.2) is 36.0 Å². The molecule has 3 heterocycles. The molecule has 0 spiro atoms. The van der Waals surface area contributed by atoms with E-state index in [1.807, 2.05) is 0 Å². The lowest BCUT2D eigenvalue weighted by molar-refractivity contribution is -0.144. The SMILES string of the molecule is NC(C(=O)O)(c1ccncn1)C(c1ccncc1)c1ccncn1. The van der Waals surface area contributed by atoms with Crippen LogP contribution in [0.2, 0.25) is 0 Å². The van der Waals surface area contributed by atoms with Gasteiger partial charge in [-0.15, -0.1) is 0 Å². The highest BCUT2D eigenvalue weighted by Gasteiger charge is 2.47. The zero-order valence-corrected chi connectivity index (χ0v) is 12.5. The molecular formula is C16H14N6O2. The minimum atomic E-state index is -1.83. The molecule has 2 unspecified atom stereocenters. The van der Waals surface area contributed by atoms with Gasteiger partial charge in [-0.05, 0) is 29.8 Å². The summed E-state index contributed by atoms with van der Waals surface area (Å²) >= 11 is 0. The van der Waals surface area contributed by atoms with Crippen molar-refractivity contribution in [2.24, 2.45) is 5.73 Å². The number of carboxylic acid groups (broad SMARTS) is 1. The summed E-state index contributed by atoms with van der Waals surface area (Å²) in [5.41, 5.74) is 5.88. The van der Waals surface area contributed by atoms with Crippen LogP contribution >= 0.6 is 0 Å². The third-order valence-corrected chi connectivity index (χ3v) is 3.76. The van der Waals surface area contributed by atoms with Gasteiger partial charge in [0.15, 0.2) is 5.54 Å². The summed E-state index contributed by atoms with van der Waals surface area (Å²) in [6, 6.07) is 6.54. The van der Waals surface area contributed by atoms with E-state index in [-0.39, 0.29) is 5.69 Å². The lowest BCUT2D eigenvalue weighted by Crippen LogP contribution is -2.51. The number of carbonyl (C=O) groups is 1. The largest absolute Gasteiger partial charge is 0.480 e. The molecule has 0 aliphatic carbocycles. The van der Waals surface area contributed by atoms with Gasteiger partial charge in [0.25, 0.3) is 0 Å². The molecule has 2 atom stereocenters. The van der Waals surface area contributed by atoms with Crippen molar-refractivity contribution in [2.75, 3.05) is 0 Å². The lowest BCUT2D eigenvalue weighted by Gasteiger charge is -2.33. The van der Waals surface area contributed by atoms with Crippen molar-refractivity contribution in [3.05, 3.63) is 78.7 Å². The number of rotatable bonds is 5. The summed E-state index contributed by atoms with van der Waals surface area (Å²) < 4.78 is 0. The van der Waals surface area contributed by atoms with Crippen molar-refractivity contribution >= 4 is 5.97 Å². The Bertz CT molecular complexity index is 776. The highest BCUT2D eigenvalue weighted by atomic mass is 16.4. The Hall–Kier alpha value is -3.26. The first-order valence-corrected chi connectivity index (χ1v) is 7.08. The molecule has 0 aliphatic heterocycles. The summed E-state index contributed by atoms with van der Waals surface area (Å²) in [4.78, 5) is 32.1. The molecule has 3 N–H and O–H groups in total. The zero-order valence-electron chi connectivity index (χ0n) is 12.5. The number of carboxylic acids is 1. The summed E-state index contributed by atoms with van der Waals surface area (Å²) in [5.74, 6) is -2.00. The second-order valence-corrected chi connectivity index (χ2v) is 5.12. The molecule has 3 aromatic heterocycles. The highest BCUT2D eigenvalue weighted by molar-refractivity contribution is 5.82. The molecule has 0 amide bonds. The van der Waals surface area contributed by atoms with E-state index in [9.17, 15) is 9.90 Å². The van der Waals surface area contributed by atoms with Gasteiger partial charge in [-0.1, -0.05) is 0 Å². The second kappa shape index (κ2) is 6.47. The molecule has 8 nitrogen and oxygen atoms in total. The first-order chi connectivity index (χ1) is 11.6. The predicted octanol–water partition coefficient (Wildman–Crippen LogP) is 0.732. The second-order valence-electron chi connectivity index (χ2n) is 5.12. The standard InChI is InChI=1S/C16H14N6O2/c17-16(15(23)24,13-4-8-20-10-22-13)14(11-1-5-18-6-2-11)12-3-7-19-9-21-12/h1-10,14H,17H2,(H,23,24). The molecule has 3 aromatic rings. The maximum Gasteiger partial charge on any atom is 0.331 e. The fraction of sp³-hybridized carbons (Fsp3) is 0.125. The molecule has 0 saturated heterocycles. The van der Waals surface area contributed by atoms with Crippen molar-refractivity contribution in [1.82, 2.24) is 24.9 Å². The number of aromatic nitrogens is 5. The Kier molecular flexibility index (Phi) is 4.21. The van der Waals surface area contributed by atoms with Crippen LogP contribution in [0.1, 0.15) is 22.9 Å². The summed E-state index contributed by atoms with van der Waals surface area (Å²) in [5, 5.41) is 9.93. The Balaban J connectivity index is 2.25. The van der Waals surface area contributed by atoms with Gasteiger partial charge in [-0.25, -0.2) is 24.7 Å². The van der Waals surface area contributed by atoms with Crippen LogP contribution in [0.3, 0.4) is 0 Å². The van der Waals surface area contributed by atoms with E-state index >= 15 is 0 Å². The van der Waals surface area contributed by atoms with Crippen molar-refractivity contribution in [3.63, 3.8) is 0 Å². The first-order valence-electron chi connectivity index (χ1n) is 7.08. The van der Waals surface area contributed by atoms with E-state index in [1.165, 1.54) is 24.9 Å². The van der Waals surface area contributed by atoms with E-state index in [4.69, 9.17) is 5.73 Å². The van der Waals surface area contributed by atoms with Crippen molar-refractivity contribution in [1.29, 1.82) is 0 Å². The summed E-state index contributed by atoms with van der Waals surface area (Å²) in [6.07, 6.45) is 8.77. The molecule has 24 heavy (non-hydrogen) atoms. The van der Waals surface area contributed by atoms with Gasteiger partial charge >= 0.3 is 5.97 Å². The van der Waals surface area contributed by atoms with Gasteiger partial charge < -0.3 is 10.8 Å². The maximum atomic E-state index is 12.2. The number of nitrogens with zero attached hydrogens (tertiary/aromatic N) is 5. The van der Waals surface area contributed by atoms with E-state index in [1.54, 1.807) is 36.8 Å². The van der Waals surface area contributed by atoms with Gasteiger partial charge in [0.1, 0.15) is 12.7 Å². The minimum Gasteiger partial charge on any atom is -0.480 e. The van der Waals surface area contributed by atoms with E-state index < -0.39 is 17.4 Å². The quantitative estimate of drug-likeness (QED) is 0.703. The molecule has 0 fully saturated rings. The molecular weight excluding hydrogens is 308 g/mol. The van der Waals surface area contributed by atoms with Crippen LogP contribution in [0.15, 0.2) is 61.7 Å². The van der Waals surface area contributed by atoms with Crippen LogP contribution in [0, 0.1) is 0 Å². The van der Waals surface area contributed by atoms with Gasteiger partial charge in [-0.3, -0.25) is 4.98 Å². The first kappa shape index (κ1) is 15.6. The summed E-state index contributed by atoms with van der Waals surface area (Å²) in [6.45, 7) is 0. The van der Waals surface area contributed by atoms with Crippen LogP contribution in [0.5, 0.6) is 0 Å². The molecule has 0 bridgehead atoms. The van der Waals surface area contributed by atoms with Crippen molar-refractivity contribution in [3.8, 4) is 0 Å². The molecule has 0 radical (unpaired) electrons. The Labute approximate surface area is 137 Å². The Morgan fingerprint density at radius 3 is 2.12 bits per heavy atom. The fourth-order valence-electron chi connectivity index (χ4n) is 2.61. The van der Waals surface area contributed by atoms with Crippen LogP contribution in [0.4, 0.5) is 0 Å². The molecule has 3 rings (SSSR count). The van der Waals surface area contributed by atoms with Gasteiger partial charge in [0.2, 0.25) is 0 Å². The molecule has 0 aromatic carbocycles. The number of pyridine rings is 1. The van der Waals surface area contributed by atoms with Gasteiger partial charge in [0.05, 0.1) is 17.3 Å². The molecule has 0 aliphatic rings. The number of nitrogens with two attached hydrogens (primary N) is 1. The molecule has 120 valence electrons. The molecule has 0 saturated carbocycles. The normalized spacial score (nSPS) is 14.5. The smallest absolute Gasteiger partial charge is 0.331 e. The predicted molar refractivity (Wildman–Crippen MR) is 83.6 cm³/mol. The fourth-order valence-corrected chi connectivity index (χ4v) is 2.61. The zero-order chi connectivity index (χ0) is 17.0. The van der Waals surface area contributed by atoms with Crippen LogP contribution in [-0.2, 0) is 10.3 Å². The van der Waals surface area contributed by atoms with Gasteiger partial charge in [0, 0.05) is 24.8 Å². The van der Waals surface area contributed by atoms with Gasteiger partial charge in [-0.2, -0.15) is 0 Å². The monoisotopic (exact) mass is 322 g/mol. The van der Waals surface area contributed by atoms with E-state index in [2.05, 4.69) is 24.9 Å². The minimum absolute atomic E-state index is 0.186. The van der Waals surface area contributed by atoms with Crippen molar-refractivity contribution < 1.29 is 9.90 Å². The average molecular weight is 322 g/mol. The maximum absolute atomic E-state index is 12.2. The summed E-state index contributed by atoms with van der Waals surface area (Å²) in [7, 11) is 0. The topological polar surface area (TPSA) is 128 Å². The van der Waals surface area contributed by atoms with E-state index in [0.29, 0.717) is 11.3 Å². The van der Waals surface area contributed by atoms with E-state index in [0.717, 1.165) is 0 Å². The lowest BCUT2D eigenvalue weighted by atomic mass is 9.75. The van der Waals surface area contributed by atoms with Crippen LogP contribution in [0.25, 0.3) is 0 Å². The highest BCUT2D eigenvalue weighted by Crippen LogP contribution is 2.38. The number of hydrogen-bond acceptors (Lipinski definition) is 7. The third kappa shape index (κ3) is 2.70. The average Bonchev–Trinajstić information content (AvgIpc) is 2.64. The van der Waals surface area contributed by atoms with Crippen molar-refractivity contribution in [2.45, 2.75) is 11.5 Å².